The molecule has 358 valence electrons. The lowest BCUT2D eigenvalue weighted by atomic mass is 9.33. The van der Waals surface area contributed by atoms with Gasteiger partial charge in [-0.2, -0.15) is 0 Å². The zero-order valence-corrected chi connectivity index (χ0v) is 45.1. The summed E-state index contributed by atoms with van der Waals surface area (Å²) in [6.45, 7) is 36.7. The van der Waals surface area contributed by atoms with Crippen molar-refractivity contribution in [2.24, 2.45) is 0 Å². The third-order valence-corrected chi connectivity index (χ3v) is 18.7. The summed E-state index contributed by atoms with van der Waals surface area (Å²) in [4.78, 5) is 5.42. The van der Waals surface area contributed by atoms with Gasteiger partial charge in [0.15, 0.2) is 0 Å². The van der Waals surface area contributed by atoms with Crippen molar-refractivity contribution in [2.75, 3.05) is 9.80 Å². The predicted molar refractivity (Wildman–Crippen MR) is 304 cm³/mol. The second kappa shape index (κ2) is 14.1. The molecule has 0 spiro atoms. The SMILES string of the molecule is Cc1cc2c3c(c1)N(c1cc4c(cc1C)C(C)(C)CC4(C)C)c1cc4c(cc1B3c1cc(-c3cccc5oc6ccccc6c35)ccc1N2c1cc2c(cc1C)C(C)(C)CC2(C)C)C(C)(C)CCC4(C)C. The van der Waals surface area contributed by atoms with Gasteiger partial charge in [-0.05, 0) is 205 Å². The minimum Gasteiger partial charge on any atom is -0.456 e. The maximum atomic E-state index is 6.55. The summed E-state index contributed by atoms with van der Waals surface area (Å²) < 4.78 is 6.55. The summed E-state index contributed by atoms with van der Waals surface area (Å²) in [5.41, 5.74) is 29.5. The second-order valence-electron chi connectivity index (χ2n) is 26.9. The van der Waals surface area contributed by atoms with Crippen LogP contribution in [0.4, 0.5) is 34.1 Å². The van der Waals surface area contributed by atoms with E-state index in [-0.39, 0.29) is 39.2 Å². The van der Waals surface area contributed by atoms with Crippen LogP contribution in [-0.4, -0.2) is 6.71 Å². The van der Waals surface area contributed by atoms with Gasteiger partial charge in [-0.3, -0.25) is 0 Å². The van der Waals surface area contributed by atoms with Gasteiger partial charge in [-0.15, -0.1) is 0 Å². The van der Waals surface area contributed by atoms with E-state index in [0.29, 0.717) is 0 Å². The van der Waals surface area contributed by atoms with Gasteiger partial charge in [-0.25, -0.2) is 0 Å². The number of rotatable bonds is 3. The molecule has 0 atom stereocenters. The molecule has 3 nitrogen and oxygen atoms in total. The van der Waals surface area contributed by atoms with Crippen molar-refractivity contribution in [3.05, 3.63) is 159 Å². The Kier molecular flexibility index (Phi) is 8.95. The summed E-state index contributed by atoms with van der Waals surface area (Å²) in [6, 6.07) is 43.3. The minimum atomic E-state index is -0.0142. The van der Waals surface area contributed by atoms with E-state index in [0.717, 1.165) is 35.8 Å². The summed E-state index contributed by atoms with van der Waals surface area (Å²) in [5, 5.41) is 2.34. The highest BCUT2D eigenvalue weighted by Crippen LogP contribution is 2.56. The van der Waals surface area contributed by atoms with Gasteiger partial charge in [0.25, 0.3) is 6.71 Å². The number of fused-ring (bicyclic) bond motifs is 10. The maximum Gasteiger partial charge on any atom is 0.252 e. The number of benzene rings is 7. The van der Waals surface area contributed by atoms with Crippen LogP contribution >= 0.6 is 0 Å². The molecule has 0 saturated carbocycles. The van der Waals surface area contributed by atoms with Crippen LogP contribution in [0.5, 0.6) is 0 Å². The first-order valence-corrected chi connectivity index (χ1v) is 26.7. The molecule has 0 N–H and O–H groups in total. The predicted octanol–water partition coefficient (Wildman–Crippen LogP) is 16.5. The van der Waals surface area contributed by atoms with Crippen molar-refractivity contribution in [3.8, 4) is 11.1 Å². The van der Waals surface area contributed by atoms with Crippen LogP contribution in [0.1, 0.15) is 159 Å². The molecule has 71 heavy (non-hydrogen) atoms. The topological polar surface area (TPSA) is 19.6 Å². The van der Waals surface area contributed by atoms with Crippen molar-refractivity contribution in [1.82, 2.24) is 0 Å². The van der Waals surface area contributed by atoms with Gasteiger partial charge in [0.05, 0.1) is 0 Å². The van der Waals surface area contributed by atoms with Crippen LogP contribution in [0, 0.1) is 20.8 Å². The van der Waals surface area contributed by atoms with Crippen LogP contribution in [0.25, 0.3) is 33.1 Å². The molecular weight excluding hydrogens is 860 g/mol. The Morgan fingerprint density at radius 3 is 1.49 bits per heavy atom. The van der Waals surface area contributed by atoms with Gasteiger partial charge >= 0.3 is 0 Å². The fraction of sp³-hybridized carbons (Fsp3) is 0.373. The zero-order valence-electron chi connectivity index (χ0n) is 45.1. The minimum absolute atomic E-state index is 0.0142. The van der Waals surface area contributed by atoms with Gasteiger partial charge in [-0.1, -0.05) is 144 Å². The van der Waals surface area contributed by atoms with E-state index in [1.807, 2.05) is 0 Å². The van der Waals surface area contributed by atoms with Crippen molar-refractivity contribution in [1.29, 1.82) is 0 Å². The van der Waals surface area contributed by atoms with Gasteiger partial charge in [0.1, 0.15) is 11.2 Å². The normalized spacial score (nSPS) is 19.8. The Morgan fingerprint density at radius 1 is 0.423 bits per heavy atom. The first-order valence-electron chi connectivity index (χ1n) is 26.7. The van der Waals surface area contributed by atoms with Crippen molar-refractivity contribution in [3.63, 3.8) is 0 Å². The lowest BCUT2D eigenvalue weighted by molar-refractivity contribution is 0.332. The third-order valence-electron chi connectivity index (χ3n) is 18.7. The quantitative estimate of drug-likeness (QED) is 0.165. The largest absolute Gasteiger partial charge is 0.456 e. The first-order chi connectivity index (χ1) is 33.4. The van der Waals surface area contributed by atoms with Crippen molar-refractivity contribution >= 4 is 79.2 Å². The van der Waals surface area contributed by atoms with E-state index in [1.165, 1.54) is 124 Å². The molecule has 8 aromatic rings. The summed E-state index contributed by atoms with van der Waals surface area (Å²) in [7, 11) is 0. The number of aryl methyl sites for hydroxylation is 3. The van der Waals surface area contributed by atoms with Gasteiger partial charge in [0.2, 0.25) is 0 Å². The number of furan rings is 1. The monoisotopic (exact) mass is 931 g/mol. The number of hydrogen-bond donors (Lipinski definition) is 0. The average Bonchev–Trinajstić information content (AvgIpc) is 3.83. The Hall–Kier alpha value is -6.00. The molecule has 1 aromatic heterocycles. The molecule has 0 fully saturated rings. The first kappa shape index (κ1) is 44.9. The summed E-state index contributed by atoms with van der Waals surface area (Å²) in [5.74, 6) is 0. The molecule has 13 rings (SSSR count). The average molecular weight is 931 g/mol. The Balaban J connectivity index is 1.16. The molecule has 0 amide bonds. The summed E-state index contributed by atoms with van der Waals surface area (Å²) >= 11 is 0. The van der Waals surface area contributed by atoms with Gasteiger partial charge < -0.3 is 14.2 Å². The standard InChI is InChI=1S/C67H71BN2O/c1-38-27-56-61-57(28-38)70(54-34-49-45(30-40(54)3)65(10,11)37-67(49,14)15)55-35-47-46(62(4,5)25-26-63(47,6)7)32-51(55)68(61)50-31-41(42-20-18-22-59-60(42)43-19-16-17-21-58(43)71-59)23-24-52(50)69(56)53-33-48-44(29-39(53)2)64(8,9)36-66(48,12)13/h16-24,27-35H,25-26,36-37H2,1-15H3. The van der Waals surface area contributed by atoms with Crippen LogP contribution in [0.15, 0.2) is 114 Å². The lowest BCUT2D eigenvalue weighted by Crippen LogP contribution is -2.62. The Morgan fingerprint density at radius 2 is 0.901 bits per heavy atom. The zero-order chi connectivity index (χ0) is 49.9. The third kappa shape index (κ3) is 6.21. The molecule has 4 heteroatoms. The molecule has 0 saturated heterocycles. The molecule has 0 bridgehead atoms. The smallest absolute Gasteiger partial charge is 0.252 e. The van der Waals surface area contributed by atoms with E-state index in [1.54, 1.807) is 0 Å². The number of nitrogens with zero attached hydrogens (tertiary/aromatic N) is 2. The molecular formula is C67H71BN2O. The van der Waals surface area contributed by atoms with Crippen molar-refractivity contribution in [2.45, 2.75) is 162 Å². The van der Waals surface area contributed by atoms with E-state index < -0.39 is 0 Å². The van der Waals surface area contributed by atoms with E-state index in [4.69, 9.17) is 4.42 Å². The fourth-order valence-corrected chi connectivity index (χ4v) is 15.6. The highest BCUT2D eigenvalue weighted by atomic mass is 16.3. The number of hydrogen-bond acceptors (Lipinski definition) is 3. The molecule has 0 unspecified atom stereocenters. The van der Waals surface area contributed by atoms with E-state index in [9.17, 15) is 0 Å². The highest BCUT2D eigenvalue weighted by Gasteiger charge is 2.49. The summed E-state index contributed by atoms with van der Waals surface area (Å²) in [6.07, 6.45) is 4.60. The number of anilines is 6. The van der Waals surface area contributed by atoms with Crippen molar-refractivity contribution < 1.29 is 4.42 Å². The molecule has 3 aliphatic carbocycles. The van der Waals surface area contributed by atoms with Gasteiger partial charge in [0, 0.05) is 44.9 Å². The molecule has 0 radical (unpaired) electrons. The Bertz CT molecular complexity index is 3670. The van der Waals surface area contributed by atoms with Crippen LogP contribution in [0.2, 0.25) is 0 Å². The van der Waals surface area contributed by atoms with Crippen LogP contribution < -0.4 is 26.2 Å². The molecule has 5 aliphatic rings. The van der Waals surface area contributed by atoms with E-state index >= 15 is 0 Å². The highest BCUT2D eigenvalue weighted by molar-refractivity contribution is 7.00. The van der Waals surface area contributed by atoms with E-state index in [2.05, 4.69) is 223 Å². The van der Waals surface area contributed by atoms with Crippen LogP contribution in [-0.2, 0) is 32.5 Å². The molecule has 2 aliphatic heterocycles. The lowest BCUT2D eigenvalue weighted by Gasteiger charge is -2.48. The maximum absolute atomic E-state index is 6.55. The van der Waals surface area contributed by atoms with Crippen LogP contribution in [0.3, 0.4) is 0 Å². The molecule has 7 aromatic carbocycles. The number of para-hydroxylation sites is 1. The second-order valence-corrected chi connectivity index (χ2v) is 26.9. The molecule has 3 heterocycles. The Labute approximate surface area is 423 Å². The fourth-order valence-electron chi connectivity index (χ4n) is 15.6.